The molecule has 1 aromatic heterocycles. The van der Waals surface area contributed by atoms with Gasteiger partial charge >= 0.3 is 0 Å². The average molecular weight is 316 g/mol. The molecule has 0 spiro atoms. The van der Waals surface area contributed by atoms with Crippen molar-refractivity contribution in [3.05, 3.63) is 34.6 Å². The number of hydrogen-bond acceptors (Lipinski definition) is 5. The van der Waals surface area contributed by atoms with Gasteiger partial charge in [0, 0.05) is 13.0 Å². The number of amides is 1. The minimum Gasteiger partial charge on any atom is -0.376 e. The molecule has 2 atom stereocenters. The van der Waals surface area contributed by atoms with Crippen LogP contribution in [0.2, 0.25) is 0 Å². The quantitative estimate of drug-likeness (QED) is 0.884. The van der Waals surface area contributed by atoms with E-state index in [1.165, 1.54) is 4.68 Å². The van der Waals surface area contributed by atoms with Gasteiger partial charge in [0.15, 0.2) is 0 Å². The predicted molar refractivity (Wildman–Crippen MR) is 85.0 cm³/mol. The Labute approximate surface area is 133 Å². The smallest absolute Gasteiger partial charge is 0.277 e. The lowest BCUT2D eigenvalue weighted by Gasteiger charge is -2.19. The first-order valence-corrected chi connectivity index (χ1v) is 7.88. The molecule has 2 aromatic rings. The fourth-order valence-electron chi connectivity index (χ4n) is 2.79. The van der Waals surface area contributed by atoms with Gasteiger partial charge in [0.2, 0.25) is 5.91 Å². The summed E-state index contributed by atoms with van der Waals surface area (Å²) < 4.78 is 6.79. The van der Waals surface area contributed by atoms with Gasteiger partial charge in [-0.3, -0.25) is 9.59 Å². The highest BCUT2D eigenvalue weighted by Gasteiger charge is 2.23. The molecule has 1 aliphatic heterocycles. The van der Waals surface area contributed by atoms with E-state index < -0.39 is 0 Å². The lowest BCUT2D eigenvalue weighted by Crippen LogP contribution is -2.41. The average Bonchev–Trinajstić information content (AvgIpc) is 3.09. The van der Waals surface area contributed by atoms with Crippen LogP contribution in [0.4, 0.5) is 0 Å². The Morgan fingerprint density at radius 1 is 1.48 bits per heavy atom. The lowest BCUT2D eigenvalue weighted by molar-refractivity contribution is -0.122. The summed E-state index contributed by atoms with van der Waals surface area (Å²) in [4.78, 5) is 24.3. The van der Waals surface area contributed by atoms with E-state index in [9.17, 15) is 9.59 Å². The zero-order chi connectivity index (χ0) is 16.2. The third-order valence-corrected chi connectivity index (χ3v) is 4.09. The van der Waals surface area contributed by atoms with Crippen LogP contribution in [0.1, 0.15) is 26.2 Å². The zero-order valence-electron chi connectivity index (χ0n) is 13.1. The number of benzene rings is 1. The van der Waals surface area contributed by atoms with Gasteiger partial charge in [-0.15, -0.1) is 5.10 Å². The van der Waals surface area contributed by atoms with E-state index in [-0.39, 0.29) is 36.6 Å². The molecule has 2 heterocycles. The molecule has 122 valence electrons. The number of nitrogens with zero attached hydrogens (tertiary/aromatic N) is 3. The van der Waals surface area contributed by atoms with Crippen molar-refractivity contribution in [3.8, 4) is 0 Å². The highest BCUT2D eigenvalue weighted by atomic mass is 16.5. The van der Waals surface area contributed by atoms with E-state index in [0.29, 0.717) is 10.9 Å². The first-order chi connectivity index (χ1) is 11.1. The second-order valence-electron chi connectivity index (χ2n) is 5.79. The molecule has 0 aliphatic carbocycles. The molecule has 1 aromatic carbocycles. The van der Waals surface area contributed by atoms with Crippen LogP contribution in [0.15, 0.2) is 29.1 Å². The van der Waals surface area contributed by atoms with Crippen LogP contribution in [0.5, 0.6) is 0 Å². The summed E-state index contributed by atoms with van der Waals surface area (Å²) in [5.74, 6) is -0.116. The molecule has 1 fully saturated rings. The molecule has 3 rings (SSSR count). The molecule has 7 heteroatoms. The number of aromatic nitrogens is 3. The number of ether oxygens (including phenoxy) is 1. The molecule has 1 aliphatic rings. The second-order valence-corrected chi connectivity index (χ2v) is 5.79. The molecular weight excluding hydrogens is 296 g/mol. The standard InChI is InChI=1S/C16H20N4O3/c1-11(14-7-4-10-23-14)17-15(21)8-9-20-16(22)12-5-2-3-6-13(12)18-19-20/h2-3,5-6,11,14H,4,7-10H2,1H3,(H,17,21)/t11-,14+/m1/s1. The predicted octanol–water partition coefficient (Wildman–Crippen LogP) is 0.865. The Hall–Kier alpha value is -2.28. The molecule has 1 amide bonds. The lowest BCUT2D eigenvalue weighted by atomic mass is 10.1. The molecule has 1 saturated heterocycles. The van der Waals surface area contributed by atoms with Crippen LogP contribution in [0, 0.1) is 0 Å². The molecule has 0 bridgehead atoms. The van der Waals surface area contributed by atoms with E-state index in [1.54, 1.807) is 24.3 Å². The van der Waals surface area contributed by atoms with Gasteiger partial charge in [0.05, 0.1) is 24.1 Å². The van der Waals surface area contributed by atoms with E-state index in [0.717, 1.165) is 19.4 Å². The Morgan fingerprint density at radius 3 is 3.09 bits per heavy atom. The molecular formula is C16H20N4O3. The van der Waals surface area contributed by atoms with E-state index in [4.69, 9.17) is 4.74 Å². The zero-order valence-corrected chi connectivity index (χ0v) is 13.1. The van der Waals surface area contributed by atoms with Crippen molar-refractivity contribution in [1.29, 1.82) is 0 Å². The van der Waals surface area contributed by atoms with Crippen LogP contribution < -0.4 is 10.9 Å². The molecule has 23 heavy (non-hydrogen) atoms. The number of carbonyl (C=O) groups excluding carboxylic acids is 1. The monoisotopic (exact) mass is 316 g/mol. The summed E-state index contributed by atoms with van der Waals surface area (Å²) in [5, 5.41) is 11.3. The number of fused-ring (bicyclic) bond motifs is 1. The third kappa shape index (κ3) is 3.56. The first kappa shape index (κ1) is 15.6. The molecule has 7 nitrogen and oxygen atoms in total. The van der Waals surface area contributed by atoms with Gasteiger partial charge < -0.3 is 10.1 Å². The van der Waals surface area contributed by atoms with Crippen molar-refractivity contribution in [1.82, 2.24) is 20.3 Å². The molecule has 1 N–H and O–H groups in total. The van der Waals surface area contributed by atoms with Crippen LogP contribution >= 0.6 is 0 Å². The summed E-state index contributed by atoms with van der Waals surface area (Å²) in [6.07, 6.45) is 2.27. The number of carbonyl (C=O) groups is 1. The SMILES string of the molecule is C[C@@H](NC(=O)CCn1nnc2ccccc2c1=O)[C@@H]1CCCO1. The van der Waals surface area contributed by atoms with Crippen LogP contribution in [0.25, 0.3) is 10.9 Å². The van der Waals surface area contributed by atoms with Gasteiger partial charge in [-0.05, 0) is 31.9 Å². The minimum absolute atomic E-state index is 0.0237. The van der Waals surface area contributed by atoms with Crippen LogP contribution in [-0.2, 0) is 16.1 Å². The summed E-state index contributed by atoms with van der Waals surface area (Å²) in [6.45, 7) is 2.91. The maximum Gasteiger partial charge on any atom is 0.277 e. The first-order valence-electron chi connectivity index (χ1n) is 7.88. The van der Waals surface area contributed by atoms with E-state index in [1.807, 2.05) is 6.92 Å². The topological polar surface area (TPSA) is 86.1 Å². The van der Waals surface area contributed by atoms with Crippen molar-refractivity contribution in [3.63, 3.8) is 0 Å². The second kappa shape index (κ2) is 6.87. The number of aryl methyl sites for hydroxylation is 1. The minimum atomic E-state index is -0.226. The maximum atomic E-state index is 12.3. The normalized spacial score (nSPS) is 18.9. The van der Waals surface area contributed by atoms with Gasteiger partial charge in [-0.25, -0.2) is 4.68 Å². The Kier molecular flexibility index (Phi) is 4.66. The van der Waals surface area contributed by atoms with Crippen molar-refractivity contribution in [2.24, 2.45) is 0 Å². The van der Waals surface area contributed by atoms with Gasteiger partial charge in [-0.1, -0.05) is 17.3 Å². The fourth-order valence-corrected chi connectivity index (χ4v) is 2.79. The maximum absolute atomic E-state index is 12.3. The molecule has 0 unspecified atom stereocenters. The largest absolute Gasteiger partial charge is 0.376 e. The van der Waals surface area contributed by atoms with Crippen LogP contribution in [-0.4, -0.2) is 39.7 Å². The van der Waals surface area contributed by atoms with Crippen molar-refractivity contribution < 1.29 is 9.53 Å². The Morgan fingerprint density at radius 2 is 2.30 bits per heavy atom. The van der Waals surface area contributed by atoms with Gasteiger partial charge in [0.25, 0.3) is 5.56 Å². The highest BCUT2D eigenvalue weighted by molar-refractivity contribution is 5.77. The number of hydrogen-bond donors (Lipinski definition) is 1. The van der Waals surface area contributed by atoms with Crippen molar-refractivity contribution >= 4 is 16.8 Å². The number of nitrogens with one attached hydrogen (secondary N) is 1. The van der Waals surface area contributed by atoms with Crippen LogP contribution in [0.3, 0.4) is 0 Å². The summed E-state index contributed by atoms with van der Waals surface area (Å²) in [6, 6.07) is 7.02. The van der Waals surface area contributed by atoms with Crippen molar-refractivity contribution in [2.75, 3.05) is 6.61 Å². The highest BCUT2D eigenvalue weighted by Crippen LogP contribution is 2.15. The summed E-state index contributed by atoms with van der Waals surface area (Å²) >= 11 is 0. The Balaban J connectivity index is 1.60. The van der Waals surface area contributed by atoms with Crippen molar-refractivity contribution in [2.45, 2.75) is 44.9 Å². The van der Waals surface area contributed by atoms with Gasteiger partial charge in [0.1, 0.15) is 5.52 Å². The van der Waals surface area contributed by atoms with E-state index >= 15 is 0 Å². The molecule has 0 radical (unpaired) electrons. The van der Waals surface area contributed by atoms with E-state index in [2.05, 4.69) is 15.6 Å². The van der Waals surface area contributed by atoms with Gasteiger partial charge in [-0.2, -0.15) is 0 Å². The summed E-state index contributed by atoms with van der Waals surface area (Å²) in [5.41, 5.74) is 0.334. The summed E-state index contributed by atoms with van der Waals surface area (Å²) in [7, 11) is 0. The fraction of sp³-hybridized carbons (Fsp3) is 0.500. The molecule has 0 saturated carbocycles. The third-order valence-electron chi connectivity index (χ3n) is 4.09. The Bertz CT molecular complexity index is 752. The number of rotatable bonds is 5.